The zero-order valence-corrected chi connectivity index (χ0v) is 20.5. The lowest BCUT2D eigenvalue weighted by atomic mass is 10.1. The van der Waals surface area contributed by atoms with Gasteiger partial charge in [-0.25, -0.2) is 9.97 Å². The molecule has 6 rings (SSSR count). The number of rotatable bonds is 5. The fraction of sp³-hybridized carbons (Fsp3) is 0.296. The summed E-state index contributed by atoms with van der Waals surface area (Å²) in [6.45, 7) is 6.02. The monoisotopic (exact) mass is 481 g/mol. The second-order valence-corrected chi connectivity index (χ2v) is 9.15. The van der Waals surface area contributed by atoms with Crippen LogP contribution in [0.1, 0.15) is 29.4 Å². The highest BCUT2D eigenvalue weighted by Crippen LogP contribution is 2.30. The van der Waals surface area contributed by atoms with E-state index in [-0.39, 0.29) is 12.0 Å². The summed E-state index contributed by atoms with van der Waals surface area (Å²) < 4.78 is 10.2. The maximum absolute atomic E-state index is 13.2. The minimum absolute atomic E-state index is 0.0169. The highest BCUT2D eigenvalue weighted by atomic mass is 16.5. The molecule has 4 heterocycles. The van der Waals surface area contributed by atoms with Crippen molar-refractivity contribution < 1.29 is 9.53 Å². The van der Waals surface area contributed by atoms with Gasteiger partial charge in [-0.3, -0.25) is 9.48 Å². The topological polar surface area (TPSA) is 91.0 Å². The average molecular weight is 482 g/mol. The average Bonchev–Trinajstić information content (AvgIpc) is 3.61. The Hall–Kier alpha value is -4.27. The third-order valence-electron chi connectivity index (χ3n) is 6.97. The van der Waals surface area contributed by atoms with Gasteiger partial charge in [0.05, 0.1) is 18.3 Å². The number of hydrogen-bond acceptors (Lipinski definition) is 6. The molecule has 182 valence electrons. The molecule has 1 fully saturated rings. The van der Waals surface area contributed by atoms with Crippen molar-refractivity contribution in [1.29, 1.82) is 0 Å². The molecule has 2 aromatic carbocycles. The van der Waals surface area contributed by atoms with Gasteiger partial charge in [0, 0.05) is 37.8 Å². The second-order valence-electron chi connectivity index (χ2n) is 9.15. The lowest BCUT2D eigenvalue weighted by molar-refractivity contribution is 0.0771. The molecule has 0 spiro atoms. The Morgan fingerprint density at radius 3 is 2.78 bits per heavy atom. The third-order valence-corrected chi connectivity index (χ3v) is 6.97. The molecular formula is C27H27N7O2. The number of fused-ring (bicyclic) bond motifs is 2. The molecule has 0 radical (unpaired) electrons. The second kappa shape index (κ2) is 8.75. The summed E-state index contributed by atoms with van der Waals surface area (Å²) >= 11 is 0. The molecule has 1 aliphatic rings. The Labute approximate surface area is 208 Å². The largest absolute Gasteiger partial charge is 0.471 e. The lowest BCUT2D eigenvalue weighted by Crippen LogP contribution is -2.31. The van der Waals surface area contributed by atoms with E-state index in [9.17, 15) is 4.79 Å². The summed E-state index contributed by atoms with van der Waals surface area (Å²) in [7, 11) is 1.93. The van der Waals surface area contributed by atoms with Gasteiger partial charge in [-0.15, -0.1) is 0 Å². The van der Waals surface area contributed by atoms with E-state index in [0.29, 0.717) is 35.7 Å². The van der Waals surface area contributed by atoms with Crippen LogP contribution >= 0.6 is 0 Å². The molecule has 0 N–H and O–H groups in total. The number of aryl methyl sites for hydroxylation is 2. The van der Waals surface area contributed by atoms with Crippen molar-refractivity contribution in [2.24, 2.45) is 7.05 Å². The van der Waals surface area contributed by atoms with E-state index >= 15 is 0 Å². The molecule has 1 amide bonds. The fourth-order valence-corrected chi connectivity index (χ4v) is 4.96. The molecule has 1 saturated heterocycles. The highest BCUT2D eigenvalue weighted by Gasteiger charge is 2.30. The van der Waals surface area contributed by atoms with Crippen LogP contribution in [-0.2, 0) is 13.6 Å². The SMILES string of the molecule is CCn1ncc(-c2nc3c(OC4CCN(C(=O)c5ccc6ccccc6c5)C4)ncnc3n2C)c1C. The summed E-state index contributed by atoms with van der Waals surface area (Å²) in [6, 6.07) is 13.9. The van der Waals surface area contributed by atoms with E-state index in [1.807, 2.05) is 76.8 Å². The molecule has 0 bridgehead atoms. The van der Waals surface area contributed by atoms with Gasteiger partial charge < -0.3 is 14.2 Å². The molecule has 3 aromatic heterocycles. The minimum atomic E-state index is -0.164. The van der Waals surface area contributed by atoms with Crippen molar-refractivity contribution >= 4 is 27.8 Å². The molecule has 9 heteroatoms. The summed E-state index contributed by atoms with van der Waals surface area (Å²) in [5.41, 5.74) is 4.00. The van der Waals surface area contributed by atoms with Crippen molar-refractivity contribution in [3.63, 3.8) is 0 Å². The van der Waals surface area contributed by atoms with Crippen LogP contribution < -0.4 is 4.74 Å². The van der Waals surface area contributed by atoms with Gasteiger partial charge in [0.25, 0.3) is 5.91 Å². The van der Waals surface area contributed by atoms with E-state index in [2.05, 4.69) is 22.0 Å². The van der Waals surface area contributed by atoms with Gasteiger partial charge in [-0.05, 0) is 36.8 Å². The van der Waals surface area contributed by atoms with Crippen LogP contribution in [-0.4, -0.2) is 59.3 Å². The smallest absolute Gasteiger partial charge is 0.254 e. The van der Waals surface area contributed by atoms with E-state index in [4.69, 9.17) is 9.72 Å². The third kappa shape index (κ3) is 3.67. The molecule has 1 atom stereocenters. The number of amides is 1. The number of imidazole rings is 1. The Bertz CT molecular complexity index is 1600. The summed E-state index contributed by atoms with van der Waals surface area (Å²) in [5, 5.41) is 6.63. The number of nitrogens with zero attached hydrogens (tertiary/aromatic N) is 7. The quantitative estimate of drug-likeness (QED) is 0.377. The van der Waals surface area contributed by atoms with E-state index in [1.54, 1.807) is 0 Å². The number of hydrogen-bond donors (Lipinski definition) is 0. The van der Waals surface area contributed by atoms with Gasteiger partial charge in [0.1, 0.15) is 18.3 Å². The summed E-state index contributed by atoms with van der Waals surface area (Å²) in [5.74, 6) is 1.22. The minimum Gasteiger partial charge on any atom is -0.471 e. The number of aromatic nitrogens is 6. The van der Waals surface area contributed by atoms with Crippen molar-refractivity contribution in [3.8, 4) is 17.3 Å². The molecule has 9 nitrogen and oxygen atoms in total. The van der Waals surface area contributed by atoms with Gasteiger partial charge in [0.2, 0.25) is 5.88 Å². The summed E-state index contributed by atoms with van der Waals surface area (Å²) in [6.07, 6.45) is 3.90. The van der Waals surface area contributed by atoms with Gasteiger partial charge in [-0.2, -0.15) is 10.1 Å². The standard InChI is InChI=1S/C27H27N7O2/c1-4-34-17(2)22(14-30-34)24-31-23-25(32(24)3)28-16-29-26(23)36-21-11-12-33(15-21)27(35)20-10-9-18-7-5-6-8-19(18)13-20/h5-10,13-14,16,21H,4,11-12,15H2,1-3H3. The molecule has 0 saturated carbocycles. The van der Waals surface area contributed by atoms with Crippen LogP contribution in [0.25, 0.3) is 33.3 Å². The number of ether oxygens (including phenoxy) is 1. The lowest BCUT2D eigenvalue weighted by Gasteiger charge is -2.17. The number of carbonyl (C=O) groups is 1. The Morgan fingerprint density at radius 1 is 1.14 bits per heavy atom. The highest BCUT2D eigenvalue weighted by molar-refractivity contribution is 5.98. The Balaban J connectivity index is 1.23. The van der Waals surface area contributed by atoms with Gasteiger partial charge in [-0.1, -0.05) is 30.3 Å². The molecule has 5 aromatic rings. The Kier molecular flexibility index (Phi) is 5.40. The first-order valence-electron chi connectivity index (χ1n) is 12.2. The summed E-state index contributed by atoms with van der Waals surface area (Å²) in [4.78, 5) is 28.7. The van der Waals surface area contributed by atoms with Crippen LogP contribution in [0.2, 0.25) is 0 Å². The number of benzene rings is 2. The predicted molar refractivity (Wildman–Crippen MR) is 137 cm³/mol. The van der Waals surface area contributed by atoms with Crippen molar-refractivity contribution in [3.05, 3.63) is 66.2 Å². The van der Waals surface area contributed by atoms with Crippen molar-refractivity contribution in [2.45, 2.75) is 32.9 Å². The molecule has 36 heavy (non-hydrogen) atoms. The van der Waals surface area contributed by atoms with Gasteiger partial charge >= 0.3 is 0 Å². The fourth-order valence-electron chi connectivity index (χ4n) is 4.96. The predicted octanol–water partition coefficient (Wildman–Crippen LogP) is 4.00. The maximum Gasteiger partial charge on any atom is 0.254 e. The van der Waals surface area contributed by atoms with Crippen molar-refractivity contribution in [2.75, 3.05) is 13.1 Å². The van der Waals surface area contributed by atoms with E-state index in [0.717, 1.165) is 40.8 Å². The first kappa shape index (κ1) is 22.2. The zero-order chi connectivity index (χ0) is 24.8. The molecular weight excluding hydrogens is 454 g/mol. The number of carbonyl (C=O) groups excluding carboxylic acids is 1. The first-order chi connectivity index (χ1) is 17.5. The van der Waals surface area contributed by atoms with Crippen LogP contribution in [0.5, 0.6) is 5.88 Å². The Morgan fingerprint density at radius 2 is 1.97 bits per heavy atom. The van der Waals surface area contributed by atoms with E-state index < -0.39 is 0 Å². The van der Waals surface area contributed by atoms with Crippen LogP contribution in [0.4, 0.5) is 0 Å². The van der Waals surface area contributed by atoms with Crippen LogP contribution in [0.3, 0.4) is 0 Å². The zero-order valence-electron chi connectivity index (χ0n) is 20.5. The van der Waals surface area contributed by atoms with Gasteiger partial charge in [0.15, 0.2) is 11.2 Å². The van der Waals surface area contributed by atoms with Crippen LogP contribution in [0.15, 0.2) is 55.0 Å². The normalized spacial score (nSPS) is 15.8. The maximum atomic E-state index is 13.2. The van der Waals surface area contributed by atoms with Crippen LogP contribution in [0, 0.1) is 6.92 Å². The number of likely N-dealkylation sites (tertiary alicyclic amines) is 1. The van der Waals surface area contributed by atoms with Crippen molar-refractivity contribution in [1.82, 2.24) is 34.2 Å². The molecule has 1 unspecified atom stereocenters. The first-order valence-corrected chi connectivity index (χ1v) is 12.2. The molecule has 1 aliphatic heterocycles. The molecule has 0 aliphatic carbocycles. The van der Waals surface area contributed by atoms with E-state index in [1.165, 1.54) is 6.33 Å².